The van der Waals surface area contributed by atoms with Crippen LogP contribution in [-0.4, -0.2) is 60.3 Å². The molecule has 0 saturated heterocycles. The van der Waals surface area contributed by atoms with E-state index < -0.39 is 54.3 Å². The van der Waals surface area contributed by atoms with E-state index in [1.54, 1.807) is 0 Å². The summed E-state index contributed by atoms with van der Waals surface area (Å²) >= 11 is 0. The number of urea groups is 1. The molecular formula is C24H22F3N3O7. The molecule has 1 heterocycles. The van der Waals surface area contributed by atoms with Gasteiger partial charge in [-0.25, -0.2) is 4.79 Å². The average molecular weight is 521 g/mol. The predicted molar refractivity (Wildman–Crippen MR) is 122 cm³/mol. The van der Waals surface area contributed by atoms with Crippen LogP contribution in [-0.2, 0) is 14.4 Å². The predicted octanol–water partition coefficient (Wildman–Crippen LogP) is 3.00. The van der Waals surface area contributed by atoms with Gasteiger partial charge in [-0.1, -0.05) is 12.1 Å². The zero-order chi connectivity index (χ0) is 27.3. The zero-order valence-electron chi connectivity index (χ0n) is 19.5. The third-order valence-corrected chi connectivity index (χ3v) is 5.27. The summed E-state index contributed by atoms with van der Waals surface area (Å²) in [6, 6.07) is 5.92. The van der Waals surface area contributed by atoms with E-state index in [1.165, 1.54) is 50.7 Å². The number of hydrogen-bond donors (Lipinski definition) is 3. The van der Waals surface area contributed by atoms with Crippen molar-refractivity contribution in [3.8, 4) is 22.6 Å². The Morgan fingerprint density at radius 1 is 1.11 bits per heavy atom. The molecule has 1 aliphatic heterocycles. The van der Waals surface area contributed by atoms with Gasteiger partial charge in [-0.05, 0) is 47.0 Å². The Bertz CT molecular complexity index is 1250. The number of nitrogens with zero attached hydrogens (tertiary/aromatic N) is 1. The first kappa shape index (κ1) is 27.0. The molecule has 2 unspecified atom stereocenters. The highest BCUT2D eigenvalue weighted by atomic mass is 19.4. The van der Waals surface area contributed by atoms with Crippen molar-refractivity contribution < 1.29 is 46.9 Å². The minimum atomic E-state index is -4.90. The number of carboxylic acids is 1. The SMILES string of the molecule is COc1cc(-c2cccc(OC(F)(F)F)c2)cc(C(CC(=O)O)NC(=O)NC2C(=O)C=CN(C)C2=O)c1. The number of methoxy groups -OCH3 is 1. The highest BCUT2D eigenvalue weighted by Crippen LogP contribution is 2.33. The van der Waals surface area contributed by atoms with Crippen molar-refractivity contribution in [3.05, 3.63) is 60.3 Å². The highest BCUT2D eigenvalue weighted by molar-refractivity contribution is 6.14. The highest BCUT2D eigenvalue weighted by Gasteiger charge is 2.33. The summed E-state index contributed by atoms with van der Waals surface area (Å²) < 4.78 is 47.2. The molecule has 0 aliphatic carbocycles. The average Bonchev–Trinajstić information content (AvgIpc) is 2.82. The van der Waals surface area contributed by atoms with Crippen LogP contribution in [0.5, 0.6) is 11.5 Å². The van der Waals surface area contributed by atoms with Crippen LogP contribution in [0.4, 0.5) is 18.0 Å². The number of nitrogens with one attached hydrogen (secondary N) is 2. The van der Waals surface area contributed by atoms with Crippen LogP contribution >= 0.6 is 0 Å². The maximum atomic E-state index is 12.7. The van der Waals surface area contributed by atoms with E-state index in [0.29, 0.717) is 11.1 Å². The Balaban J connectivity index is 1.91. The van der Waals surface area contributed by atoms with Crippen LogP contribution < -0.4 is 20.1 Å². The van der Waals surface area contributed by atoms with Crippen molar-refractivity contribution in [3.63, 3.8) is 0 Å². The fraction of sp³-hybridized carbons (Fsp3) is 0.250. The number of aliphatic carboxylic acids is 1. The number of ketones is 1. The lowest BCUT2D eigenvalue weighted by molar-refractivity contribution is -0.274. The van der Waals surface area contributed by atoms with Gasteiger partial charge in [-0.15, -0.1) is 13.2 Å². The molecule has 0 fully saturated rings. The van der Waals surface area contributed by atoms with Gasteiger partial charge < -0.3 is 30.1 Å². The summed E-state index contributed by atoms with van der Waals surface area (Å²) in [6.45, 7) is 0. The zero-order valence-corrected chi connectivity index (χ0v) is 19.5. The minimum absolute atomic E-state index is 0.233. The molecule has 0 spiro atoms. The summed E-state index contributed by atoms with van der Waals surface area (Å²) in [6.07, 6.45) is -3.12. The monoisotopic (exact) mass is 521 g/mol. The molecule has 2 aromatic carbocycles. The maximum Gasteiger partial charge on any atom is 0.573 e. The van der Waals surface area contributed by atoms with Gasteiger partial charge in [-0.2, -0.15) is 0 Å². The first-order valence-electron chi connectivity index (χ1n) is 10.7. The number of amides is 3. The standard InChI is InChI=1S/C24H22F3N3O7/c1-30-7-6-19(31)21(22(30)34)29-23(35)28-18(12-20(32)33)15-8-14(10-17(11-15)36-2)13-4-3-5-16(9-13)37-24(25,26)27/h3-11,18,21H,12H2,1-2H3,(H,32,33)(H2,28,29,35). The number of alkyl halides is 3. The lowest BCUT2D eigenvalue weighted by atomic mass is 9.97. The van der Waals surface area contributed by atoms with Crippen LogP contribution in [0.3, 0.4) is 0 Å². The number of rotatable bonds is 8. The van der Waals surface area contributed by atoms with Gasteiger partial charge in [0.1, 0.15) is 11.5 Å². The van der Waals surface area contributed by atoms with Gasteiger partial charge in [0.2, 0.25) is 0 Å². The van der Waals surface area contributed by atoms with Crippen LogP contribution in [0.1, 0.15) is 18.0 Å². The molecule has 0 aromatic heterocycles. The number of ether oxygens (including phenoxy) is 2. The van der Waals surface area contributed by atoms with E-state index >= 15 is 0 Å². The normalized spacial score (nSPS) is 16.2. The quantitative estimate of drug-likeness (QED) is 0.455. The molecule has 0 bridgehead atoms. The summed E-state index contributed by atoms with van der Waals surface area (Å²) in [4.78, 5) is 49.6. The van der Waals surface area contributed by atoms with Crippen molar-refractivity contribution in [2.45, 2.75) is 24.9 Å². The van der Waals surface area contributed by atoms with Crippen molar-refractivity contribution in [1.82, 2.24) is 15.5 Å². The fourth-order valence-corrected chi connectivity index (χ4v) is 3.55. The van der Waals surface area contributed by atoms with E-state index in [9.17, 15) is 37.5 Å². The second kappa shape index (κ2) is 11.0. The number of halogens is 3. The molecule has 1 aliphatic rings. The van der Waals surface area contributed by atoms with Gasteiger partial charge in [0, 0.05) is 19.3 Å². The van der Waals surface area contributed by atoms with Crippen LogP contribution in [0.25, 0.3) is 11.1 Å². The molecule has 10 nitrogen and oxygen atoms in total. The van der Waals surface area contributed by atoms with Gasteiger partial charge in [-0.3, -0.25) is 14.4 Å². The number of likely N-dealkylation sites (N-methyl/N-ethyl adjacent to an activating group) is 1. The van der Waals surface area contributed by atoms with Gasteiger partial charge in [0.25, 0.3) is 5.91 Å². The smallest absolute Gasteiger partial charge is 0.497 e. The molecule has 13 heteroatoms. The summed E-state index contributed by atoms with van der Waals surface area (Å²) in [5.41, 5.74) is 0.893. The maximum absolute atomic E-state index is 12.7. The van der Waals surface area contributed by atoms with E-state index in [4.69, 9.17) is 4.74 Å². The molecule has 196 valence electrons. The van der Waals surface area contributed by atoms with Crippen molar-refractivity contribution in [2.24, 2.45) is 0 Å². The molecular weight excluding hydrogens is 499 g/mol. The lowest BCUT2D eigenvalue weighted by Gasteiger charge is -2.25. The Morgan fingerprint density at radius 2 is 1.81 bits per heavy atom. The molecule has 0 saturated carbocycles. The second-order valence-electron chi connectivity index (χ2n) is 7.94. The first-order chi connectivity index (χ1) is 17.4. The van der Waals surface area contributed by atoms with Crippen LogP contribution in [0.15, 0.2) is 54.7 Å². The number of carboxylic acid groups (broad SMARTS) is 1. The molecule has 0 radical (unpaired) electrons. The first-order valence-corrected chi connectivity index (χ1v) is 10.7. The molecule has 3 N–H and O–H groups in total. The van der Waals surface area contributed by atoms with Gasteiger partial charge in [0.15, 0.2) is 11.8 Å². The second-order valence-corrected chi connectivity index (χ2v) is 7.94. The summed E-state index contributed by atoms with van der Waals surface area (Å²) in [7, 11) is 2.74. The number of benzene rings is 2. The Labute approximate surface area is 208 Å². The van der Waals surface area contributed by atoms with Crippen LogP contribution in [0, 0.1) is 0 Å². The molecule has 2 aromatic rings. The minimum Gasteiger partial charge on any atom is -0.497 e. The fourth-order valence-electron chi connectivity index (χ4n) is 3.55. The van der Waals surface area contributed by atoms with Crippen LogP contribution in [0.2, 0.25) is 0 Å². The third-order valence-electron chi connectivity index (χ3n) is 5.27. The van der Waals surface area contributed by atoms with Crippen molar-refractivity contribution >= 4 is 23.7 Å². The molecule has 3 rings (SSSR count). The van der Waals surface area contributed by atoms with Crippen molar-refractivity contribution in [1.29, 1.82) is 0 Å². The Hall–Kier alpha value is -4.55. The largest absolute Gasteiger partial charge is 0.573 e. The van der Waals surface area contributed by atoms with E-state index in [1.807, 2.05) is 0 Å². The Kier molecular flexibility index (Phi) is 8.05. The van der Waals surface area contributed by atoms with Gasteiger partial charge in [0.05, 0.1) is 19.6 Å². The number of hydrogen-bond acceptors (Lipinski definition) is 6. The lowest BCUT2D eigenvalue weighted by Crippen LogP contribution is -2.55. The molecule has 3 amide bonds. The van der Waals surface area contributed by atoms with E-state index in [0.717, 1.165) is 23.1 Å². The summed E-state index contributed by atoms with van der Waals surface area (Å²) in [5.74, 6) is -2.84. The number of carbonyl (C=O) groups is 4. The third kappa shape index (κ3) is 7.22. The van der Waals surface area contributed by atoms with Crippen molar-refractivity contribution in [2.75, 3.05) is 14.2 Å². The molecule has 2 atom stereocenters. The number of carbonyl (C=O) groups excluding carboxylic acids is 3. The van der Waals surface area contributed by atoms with E-state index in [2.05, 4.69) is 15.4 Å². The van der Waals surface area contributed by atoms with E-state index in [-0.39, 0.29) is 11.3 Å². The van der Waals surface area contributed by atoms with Gasteiger partial charge >= 0.3 is 18.4 Å². The topological polar surface area (TPSA) is 134 Å². The Morgan fingerprint density at radius 3 is 2.46 bits per heavy atom. The molecule has 37 heavy (non-hydrogen) atoms. The summed E-state index contributed by atoms with van der Waals surface area (Å²) in [5, 5.41) is 14.1.